The van der Waals surface area contributed by atoms with Crippen molar-refractivity contribution in [2.75, 3.05) is 12.4 Å². The molecule has 3 aromatic rings. The number of carbonyl (C=O) groups excluding carboxylic acids is 1. The van der Waals surface area contributed by atoms with Gasteiger partial charge in [0, 0.05) is 5.56 Å². The normalized spacial score (nSPS) is 10.4. The zero-order valence-corrected chi connectivity index (χ0v) is 14.8. The lowest BCUT2D eigenvalue weighted by molar-refractivity contribution is 0.102. The number of hydrogen-bond acceptors (Lipinski definition) is 4. The maximum atomic E-state index is 12.3. The fraction of sp³-hybridized carbons (Fsp3) is 0.200. The summed E-state index contributed by atoms with van der Waals surface area (Å²) >= 11 is 0. The van der Waals surface area contributed by atoms with Gasteiger partial charge >= 0.3 is 0 Å². The fourth-order valence-corrected chi connectivity index (χ4v) is 2.43. The minimum absolute atomic E-state index is 0.223. The number of nitrogens with one attached hydrogen (secondary N) is 1. The SMILES string of the molecule is CCc1ccc(OCn2cc(NC(=O)c3cccc(OC)c3)cn2)cc1. The molecule has 0 radical (unpaired) electrons. The van der Waals surface area contributed by atoms with Gasteiger partial charge in [0.15, 0.2) is 6.73 Å². The molecule has 26 heavy (non-hydrogen) atoms. The zero-order chi connectivity index (χ0) is 18.4. The van der Waals surface area contributed by atoms with Gasteiger partial charge in [-0.3, -0.25) is 4.79 Å². The highest BCUT2D eigenvalue weighted by molar-refractivity contribution is 6.04. The number of methoxy groups -OCH3 is 1. The number of carbonyl (C=O) groups is 1. The molecule has 2 aromatic carbocycles. The van der Waals surface area contributed by atoms with E-state index in [-0.39, 0.29) is 12.6 Å². The van der Waals surface area contributed by atoms with Crippen LogP contribution < -0.4 is 14.8 Å². The number of anilines is 1. The van der Waals surface area contributed by atoms with Gasteiger partial charge in [0.2, 0.25) is 0 Å². The Morgan fingerprint density at radius 1 is 1.15 bits per heavy atom. The monoisotopic (exact) mass is 351 g/mol. The summed E-state index contributed by atoms with van der Waals surface area (Å²) < 4.78 is 12.5. The smallest absolute Gasteiger partial charge is 0.255 e. The van der Waals surface area contributed by atoms with Crippen LogP contribution in [0.3, 0.4) is 0 Å². The van der Waals surface area contributed by atoms with E-state index in [2.05, 4.69) is 17.3 Å². The summed E-state index contributed by atoms with van der Waals surface area (Å²) in [5.41, 5.74) is 2.38. The van der Waals surface area contributed by atoms with Crippen LogP contribution in [0.4, 0.5) is 5.69 Å². The third-order valence-corrected chi connectivity index (χ3v) is 3.92. The Balaban J connectivity index is 1.57. The lowest BCUT2D eigenvalue weighted by atomic mass is 10.2. The summed E-state index contributed by atoms with van der Waals surface area (Å²) in [4.78, 5) is 12.3. The van der Waals surface area contributed by atoms with Crippen LogP contribution in [0.25, 0.3) is 0 Å². The van der Waals surface area contributed by atoms with Gasteiger partial charge in [-0.1, -0.05) is 25.1 Å². The lowest BCUT2D eigenvalue weighted by Crippen LogP contribution is -2.11. The maximum Gasteiger partial charge on any atom is 0.255 e. The Kier molecular flexibility index (Phi) is 5.53. The van der Waals surface area contributed by atoms with Crippen LogP contribution in [0, 0.1) is 0 Å². The molecule has 6 nitrogen and oxygen atoms in total. The van der Waals surface area contributed by atoms with Gasteiger partial charge in [-0.2, -0.15) is 5.10 Å². The molecule has 0 unspecified atom stereocenters. The summed E-state index contributed by atoms with van der Waals surface area (Å²) in [5.74, 6) is 1.19. The van der Waals surface area contributed by atoms with Gasteiger partial charge in [-0.25, -0.2) is 4.68 Å². The first-order valence-electron chi connectivity index (χ1n) is 8.37. The number of nitrogens with zero attached hydrogens (tertiary/aromatic N) is 2. The van der Waals surface area contributed by atoms with Crippen molar-refractivity contribution in [2.24, 2.45) is 0 Å². The summed E-state index contributed by atoms with van der Waals surface area (Å²) in [6, 6.07) is 14.9. The molecular weight excluding hydrogens is 330 g/mol. The first-order chi connectivity index (χ1) is 12.7. The van der Waals surface area contributed by atoms with Crippen molar-refractivity contribution < 1.29 is 14.3 Å². The molecule has 0 atom stereocenters. The van der Waals surface area contributed by atoms with Crippen molar-refractivity contribution in [3.8, 4) is 11.5 Å². The second kappa shape index (κ2) is 8.20. The van der Waals surface area contributed by atoms with Crippen LogP contribution in [-0.2, 0) is 13.2 Å². The van der Waals surface area contributed by atoms with Gasteiger partial charge < -0.3 is 14.8 Å². The standard InChI is InChI=1S/C20H21N3O3/c1-3-15-7-9-18(10-8-15)26-14-23-13-17(12-21-23)22-20(24)16-5-4-6-19(11-16)25-2/h4-13H,3,14H2,1-2H3,(H,22,24). The number of benzene rings is 2. The van der Waals surface area contributed by atoms with Gasteiger partial charge in [0.25, 0.3) is 5.91 Å². The minimum Gasteiger partial charge on any atom is -0.497 e. The van der Waals surface area contributed by atoms with E-state index in [9.17, 15) is 4.79 Å². The van der Waals surface area contributed by atoms with Gasteiger partial charge in [0.1, 0.15) is 11.5 Å². The second-order valence-corrected chi connectivity index (χ2v) is 5.73. The molecule has 0 fully saturated rings. The number of rotatable bonds is 7. The van der Waals surface area contributed by atoms with Crippen LogP contribution in [0.2, 0.25) is 0 Å². The quantitative estimate of drug-likeness (QED) is 0.704. The van der Waals surface area contributed by atoms with Crippen molar-refractivity contribution in [1.29, 1.82) is 0 Å². The molecule has 1 heterocycles. The highest BCUT2D eigenvalue weighted by atomic mass is 16.5. The zero-order valence-electron chi connectivity index (χ0n) is 14.8. The molecule has 6 heteroatoms. The van der Waals surface area contributed by atoms with Crippen LogP contribution >= 0.6 is 0 Å². The highest BCUT2D eigenvalue weighted by Gasteiger charge is 2.08. The fourth-order valence-electron chi connectivity index (χ4n) is 2.43. The van der Waals surface area contributed by atoms with Crippen molar-refractivity contribution in [3.05, 3.63) is 72.1 Å². The summed E-state index contributed by atoms with van der Waals surface area (Å²) in [7, 11) is 1.57. The molecular formula is C20H21N3O3. The lowest BCUT2D eigenvalue weighted by Gasteiger charge is -2.07. The molecule has 1 N–H and O–H groups in total. The molecule has 0 spiro atoms. The molecule has 1 aromatic heterocycles. The number of hydrogen-bond donors (Lipinski definition) is 1. The topological polar surface area (TPSA) is 65.4 Å². The Bertz CT molecular complexity index is 872. The van der Waals surface area contributed by atoms with Crippen LogP contribution in [0.5, 0.6) is 11.5 Å². The van der Waals surface area contributed by atoms with E-state index in [0.29, 0.717) is 17.0 Å². The Hall–Kier alpha value is -3.28. The highest BCUT2D eigenvalue weighted by Crippen LogP contribution is 2.16. The Morgan fingerprint density at radius 2 is 1.96 bits per heavy atom. The first-order valence-corrected chi connectivity index (χ1v) is 8.37. The molecule has 0 aliphatic carbocycles. The first kappa shape index (κ1) is 17.5. The summed E-state index contributed by atoms with van der Waals surface area (Å²) in [6.07, 6.45) is 4.30. The van der Waals surface area contributed by atoms with Crippen LogP contribution in [-0.4, -0.2) is 22.8 Å². The second-order valence-electron chi connectivity index (χ2n) is 5.73. The predicted molar refractivity (Wildman–Crippen MR) is 99.6 cm³/mol. The van der Waals surface area contributed by atoms with E-state index in [4.69, 9.17) is 9.47 Å². The maximum absolute atomic E-state index is 12.3. The molecule has 0 saturated carbocycles. The molecule has 1 amide bonds. The average Bonchev–Trinajstić information content (AvgIpc) is 3.14. The van der Waals surface area contributed by atoms with E-state index in [1.807, 2.05) is 24.3 Å². The van der Waals surface area contributed by atoms with E-state index < -0.39 is 0 Å². The van der Waals surface area contributed by atoms with Crippen molar-refractivity contribution in [2.45, 2.75) is 20.1 Å². The van der Waals surface area contributed by atoms with Crippen molar-refractivity contribution in [1.82, 2.24) is 9.78 Å². The number of aryl methyl sites for hydroxylation is 1. The Morgan fingerprint density at radius 3 is 2.69 bits per heavy atom. The molecule has 0 saturated heterocycles. The molecule has 3 rings (SSSR count). The van der Waals surface area contributed by atoms with Crippen LogP contribution in [0.1, 0.15) is 22.8 Å². The number of amides is 1. The van der Waals surface area contributed by atoms with Crippen molar-refractivity contribution in [3.63, 3.8) is 0 Å². The average molecular weight is 351 g/mol. The summed E-state index contributed by atoms with van der Waals surface area (Å²) in [6.45, 7) is 2.38. The largest absolute Gasteiger partial charge is 0.497 e. The molecule has 134 valence electrons. The van der Waals surface area contributed by atoms with Gasteiger partial charge in [0.05, 0.1) is 25.2 Å². The summed E-state index contributed by atoms with van der Waals surface area (Å²) in [5, 5.41) is 7.01. The number of aromatic nitrogens is 2. The van der Waals surface area contributed by atoms with Crippen LogP contribution in [0.15, 0.2) is 60.9 Å². The van der Waals surface area contributed by atoms with E-state index in [0.717, 1.165) is 12.2 Å². The molecule has 0 bridgehead atoms. The van der Waals surface area contributed by atoms with Gasteiger partial charge in [-0.15, -0.1) is 0 Å². The third-order valence-electron chi connectivity index (χ3n) is 3.92. The van der Waals surface area contributed by atoms with E-state index in [1.165, 1.54) is 5.56 Å². The predicted octanol–water partition coefficient (Wildman–Crippen LogP) is 3.74. The van der Waals surface area contributed by atoms with Gasteiger partial charge in [-0.05, 0) is 42.3 Å². The molecule has 0 aliphatic rings. The molecule has 0 aliphatic heterocycles. The minimum atomic E-state index is -0.223. The van der Waals surface area contributed by atoms with E-state index in [1.54, 1.807) is 48.5 Å². The van der Waals surface area contributed by atoms with Crippen molar-refractivity contribution >= 4 is 11.6 Å². The third kappa shape index (κ3) is 4.42. The number of ether oxygens (including phenoxy) is 2. The van der Waals surface area contributed by atoms with E-state index >= 15 is 0 Å². The Labute approximate surface area is 152 Å².